The molecule has 2 N–H and O–H groups in total. The number of thioether (sulfide) groups is 1. The molecule has 23 heavy (non-hydrogen) atoms. The average molecular weight is 349 g/mol. The van der Waals surface area contributed by atoms with Crippen LogP contribution in [0.15, 0.2) is 48.5 Å². The van der Waals surface area contributed by atoms with Crippen molar-refractivity contribution in [2.75, 3.05) is 22.1 Å². The number of benzene rings is 2. The van der Waals surface area contributed by atoms with Crippen LogP contribution in [-0.2, 0) is 9.59 Å². The first-order valence-corrected chi connectivity index (χ1v) is 8.56. The Morgan fingerprint density at radius 2 is 1.57 bits per heavy atom. The Labute approximate surface area is 144 Å². The fourth-order valence-corrected chi connectivity index (χ4v) is 2.62. The number of hydrogen-bond acceptors (Lipinski definition) is 3. The number of aryl methyl sites for hydroxylation is 1. The Hall–Kier alpha value is -1.98. The van der Waals surface area contributed by atoms with Gasteiger partial charge >= 0.3 is 0 Å². The summed E-state index contributed by atoms with van der Waals surface area (Å²) in [5.41, 5.74) is 2.46. The van der Waals surface area contributed by atoms with Gasteiger partial charge in [-0.05, 0) is 31.2 Å². The quantitative estimate of drug-likeness (QED) is 0.830. The first kappa shape index (κ1) is 17.4. The lowest BCUT2D eigenvalue weighted by atomic mass is 10.2. The van der Waals surface area contributed by atoms with Crippen molar-refractivity contribution in [1.29, 1.82) is 0 Å². The van der Waals surface area contributed by atoms with Crippen LogP contribution < -0.4 is 10.6 Å². The van der Waals surface area contributed by atoms with Crippen LogP contribution in [0.5, 0.6) is 0 Å². The van der Waals surface area contributed by atoms with Crippen LogP contribution in [0.2, 0.25) is 5.02 Å². The molecule has 0 saturated heterocycles. The first-order valence-electron chi connectivity index (χ1n) is 7.03. The highest BCUT2D eigenvalue weighted by Gasteiger charge is 2.08. The van der Waals surface area contributed by atoms with Crippen molar-refractivity contribution >= 4 is 46.6 Å². The molecule has 2 aromatic carbocycles. The highest BCUT2D eigenvalue weighted by atomic mass is 35.5. The predicted molar refractivity (Wildman–Crippen MR) is 97.2 cm³/mol. The van der Waals surface area contributed by atoms with E-state index in [1.54, 1.807) is 24.3 Å². The number of anilines is 2. The Balaban J connectivity index is 1.72. The molecule has 0 aliphatic rings. The van der Waals surface area contributed by atoms with Gasteiger partial charge in [-0.25, -0.2) is 0 Å². The summed E-state index contributed by atoms with van der Waals surface area (Å²) in [7, 11) is 0. The van der Waals surface area contributed by atoms with Crippen LogP contribution in [-0.4, -0.2) is 23.3 Å². The zero-order valence-electron chi connectivity index (χ0n) is 12.6. The summed E-state index contributed by atoms with van der Waals surface area (Å²) >= 11 is 7.22. The Bertz CT molecular complexity index is 689. The molecule has 0 aliphatic heterocycles. The molecule has 0 aliphatic carbocycles. The summed E-state index contributed by atoms with van der Waals surface area (Å²) in [4.78, 5) is 23.6. The van der Waals surface area contributed by atoms with Gasteiger partial charge in [-0.15, -0.1) is 11.8 Å². The molecule has 0 unspecified atom stereocenters. The summed E-state index contributed by atoms with van der Waals surface area (Å²) in [5, 5.41) is 5.99. The van der Waals surface area contributed by atoms with Crippen LogP contribution >= 0.6 is 23.4 Å². The second kappa shape index (κ2) is 8.60. The summed E-state index contributed by atoms with van der Waals surface area (Å²) in [6, 6.07) is 14.6. The molecule has 0 radical (unpaired) electrons. The number of amides is 2. The number of carbonyl (C=O) groups excluding carboxylic acids is 2. The van der Waals surface area contributed by atoms with Gasteiger partial charge in [-0.3, -0.25) is 9.59 Å². The maximum atomic E-state index is 11.8. The molecule has 4 nitrogen and oxygen atoms in total. The van der Waals surface area contributed by atoms with Crippen molar-refractivity contribution in [2.45, 2.75) is 6.92 Å². The number of para-hydroxylation sites is 1. The fraction of sp³-hybridized carbons (Fsp3) is 0.176. The van der Waals surface area contributed by atoms with E-state index in [1.807, 2.05) is 31.2 Å². The molecule has 120 valence electrons. The maximum absolute atomic E-state index is 11.8. The van der Waals surface area contributed by atoms with Gasteiger partial charge in [0.25, 0.3) is 0 Å². The minimum absolute atomic E-state index is 0.135. The number of carbonyl (C=O) groups is 2. The standard InChI is InChI=1S/C17H17ClN2O2S/c1-12-6-8-13(9-7-12)19-16(21)10-23-11-17(22)20-15-5-3-2-4-14(15)18/h2-9H,10-11H2,1H3,(H,19,21)(H,20,22). The lowest BCUT2D eigenvalue weighted by Gasteiger charge is -2.07. The Morgan fingerprint density at radius 3 is 2.22 bits per heavy atom. The second-order valence-electron chi connectivity index (χ2n) is 4.94. The van der Waals surface area contributed by atoms with Crippen molar-refractivity contribution in [3.05, 3.63) is 59.1 Å². The van der Waals surface area contributed by atoms with Gasteiger partial charge in [0.1, 0.15) is 0 Å². The van der Waals surface area contributed by atoms with E-state index in [-0.39, 0.29) is 23.3 Å². The van der Waals surface area contributed by atoms with Gasteiger partial charge in [0.15, 0.2) is 0 Å². The minimum atomic E-state index is -0.189. The molecule has 0 fully saturated rings. The van der Waals surface area contributed by atoms with Gasteiger partial charge < -0.3 is 10.6 Å². The van der Waals surface area contributed by atoms with E-state index in [2.05, 4.69) is 10.6 Å². The molecule has 0 spiro atoms. The molecule has 0 bridgehead atoms. The highest BCUT2D eigenvalue weighted by molar-refractivity contribution is 8.00. The van der Waals surface area contributed by atoms with E-state index in [0.29, 0.717) is 10.7 Å². The number of hydrogen-bond donors (Lipinski definition) is 2. The SMILES string of the molecule is Cc1ccc(NC(=O)CSCC(=O)Nc2ccccc2Cl)cc1. The maximum Gasteiger partial charge on any atom is 0.234 e. The van der Waals surface area contributed by atoms with Crippen LogP contribution in [0.1, 0.15) is 5.56 Å². The molecule has 0 heterocycles. The average Bonchev–Trinajstić information content (AvgIpc) is 2.52. The van der Waals surface area contributed by atoms with Gasteiger partial charge in [0, 0.05) is 5.69 Å². The molecule has 0 aromatic heterocycles. The largest absolute Gasteiger partial charge is 0.325 e. The lowest BCUT2D eigenvalue weighted by Crippen LogP contribution is -2.18. The molecular formula is C17H17ClN2O2S. The molecule has 2 amide bonds. The fourth-order valence-electron chi connectivity index (χ4n) is 1.82. The third-order valence-electron chi connectivity index (χ3n) is 2.95. The van der Waals surface area contributed by atoms with Crippen molar-refractivity contribution in [3.63, 3.8) is 0 Å². The molecule has 0 atom stereocenters. The van der Waals surface area contributed by atoms with E-state index in [0.717, 1.165) is 11.3 Å². The van der Waals surface area contributed by atoms with E-state index in [1.165, 1.54) is 11.8 Å². The number of nitrogens with one attached hydrogen (secondary N) is 2. The van der Waals surface area contributed by atoms with Crippen molar-refractivity contribution in [2.24, 2.45) is 0 Å². The monoisotopic (exact) mass is 348 g/mol. The molecule has 6 heteroatoms. The Morgan fingerprint density at radius 1 is 0.957 bits per heavy atom. The van der Waals surface area contributed by atoms with E-state index < -0.39 is 0 Å². The van der Waals surface area contributed by atoms with Crippen LogP contribution in [0.4, 0.5) is 11.4 Å². The highest BCUT2D eigenvalue weighted by Crippen LogP contribution is 2.20. The van der Waals surface area contributed by atoms with E-state index in [4.69, 9.17) is 11.6 Å². The smallest absolute Gasteiger partial charge is 0.234 e. The second-order valence-corrected chi connectivity index (χ2v) is 6.33. The predicted octanol–water partition coefficient (Wildman–Crippen LogP) is 3.96. The van der Waals surface area contributed by atoms with Crippen LogP contribution in [0.25, 0.3) is 0 Å². The van der Waals surface area contributed by atoms with E-state index in [9.17, 15) is 9.59 Å². The lowest BCUT2D eigenvalue weighted by molar-refractivity contribution is -0.114. The molecule has 2 rings (SSSR count). The summed E-state index contributed by atoms with van der Waals surface area (Å²) in [5.74, 6) is 0.0757. The van der Waals surface area contributed by atoms with Crippen LogP contribution in [0, 0.1) is 6.92 Å². The molecular weight excluding hydrogens is 332 g/mol. The van der Waals surface area contributed by atoms with Gasteiger partial charge in [0.2, 0.25) is 11.8 Å². The van der Waals surface area contributed by atoms with Crippen molar-refractivity contribution in [3.8, 4) is 0 Å². The summed E-state index contributed by atoms with van der Waals surface area (Å²) < 4.78 is 0. The van der Waals surface area contributed by atoms with Crippen LogP contribution in [0.3, 0.4) is 0 Å². The summed E-state index contributed by atoms with van der Waals surface area (Å²) in [6.45, 7) is 1.99. The van der Waals surface area contributed by atoms with Gasteiger partial charge in [-0.2, -0.15) is 0 Å². The van der Waals surface area contributed by atoms with Crippen molar-refractivity contribution in [1.82, 2.24) is 0 Å². The number of rotatable bonds is 6. The zero-order valence-corrected chi connectivity index (χ0v) is 14.2. The third kappa shape index (κ3) is 5.96. The van der Waals surface area contributed by atoms with Crippen molar-refractivity contribution < 1.29 is 9.59 Å². The summed E-state index contributed by atoms with van der Waals surface area (Å²) in [6.07, 6.45) is 0. The topological polar surface area (TPSA) is 58.2 Å². The minimum Gasteiger partial charge on any atom is -0.325 e. The van der Waals surface area contributed by atoms with Gasteiger partial charge in [-0.1, -0.05) is 41.4 Å². The molecule has 0 saturated carbocycles. The molecule has 2 aromatic rings. The first-order chi connectivity index (χ1) is 11.0. The number of halogens is 1. The normalized spacial score (nSPS) is 10.2. The zero-order chi connectivity index (χ0) is 16.7. The van der Waals surface area contributed by atoms with E-state index >= 15 is 0 Å². The Kier molecular flexibility index (Phi) is 6.50. The van der Waals surface area contributed by atoms with Gasteiger partial charge in [0.05, 0.1) is 22.2 Å². The third-order valence-corrected chi connectivity index (χ3v) is 4.21.